The molecule has 1 unspecified atom stereocenters. The lowest BCUT2D eigenvalue weighted by Gasteiger charge is -2.12. The molecule has 0 aromatic carbocycles. The van der Waals surface area contributed by atoms with Crippen molar-refractivity contribution in [1.82, 2.24) is 0 Å². The molecule has 0 saturated heterocycles. The van der Waals surface area contributed by atoms with Crippen molar-refractivity contribution in [2.24, 2.45) is 0 Å². The molecule has 0 N–H and O–H groups in total. The highest BCUT2D eigenvalue weighted by Crippen LogP contribution is 2.19. The fourth-order valence-electron chi connectivity index (χ4n) is 1.18. The first-order valence-corrected chi connectivity index (χ1v) is 7.34. The smallest absolute Gasteiger partial charge is 0.00521 e. The first-order chi connectivity index (χ1) is 5.85. The Morgan fingerprint density at radius 3 is 2.42 bits per heavy atom. The van der Waals surface area contributed by atoms with Crippen LogP contribution in [0.1, 0.15) is 32.1 Å². The summed E-state index contributed by atoms with van der Waals surface area (Å²) in [7, 11) is 0. The van der Waals surface area contributed by atoms with Crippen molar-refractivity contribution in [2.45, 2.75) is 37.4 Å². The molecule has 73 valence electrons. The Balaban J connectivity index is 3.26. The van der Waals surface area contributed by atoms with Gasteiger partial charge in [-0.05, 0) is 31.1 Å². The molecule has 0 aromatic rings. The van der Waals surface area contributed by atoms with Gasteiger partial charge in [-0.25, -0.2) is 0 Å². The van der Waals surface area contributed by atoms with Gasteiger partial charge in [0, 0.05) is 5.25 Å². The molecule has 1 radical (unpaired) electrons. The van der Waals surface area contributed by atoms with Crippen LogP contribution in [0.25, 0.3) is 0 Å². The second kappa shape index (κ2) is 9.79. The summed E-state index contributed by atoms with van der Waals surface area (Å²) in [5.41, 5.74) is 0. The Bertz CT molecular complexity index is 83.9. The molecular formula is C10H21S2. The molecule has 0 fully saturated rings. The van der Waals surface area contributed by atoms with Crippen molar-refractivity contribution in [1.29, 1.82) is 0 Å². The highest BCUT2D eigenvalue weighted by Gasteiger charge is 2.04. The van der Waals surface area contributed by atoms with Crippen molar-refractivity contribution >= 4 is 23.5 Å². The SMILES string of the molecule is [CH2]CCCCC(CCSC)SC. The first kappa shape index (κ1) is 12.7. The van der Waals surface area contributed by atoms with Gasteiger partial charge in [0.25, 0.3) is 0 Å². The molecule has 0 rings (SSSR count). The van der Waals surface area contributed by atoms with E-state index in [9.17, 15) is 0 Å². The second-order valence-corrected chi connectivity index (χ2v) is 5.11. The van der Waals surface area contributed by atoms with Gasteiger partial charge in [-0.2, -0.15) is 23.5 Å². The molecule has 2 heteroatoms. The van der Waals surface area contributed by atoms with Crippen LogP contribution in [0.4, 0.5) is 0 Å². The van der Waals surface area contributed by atoms with Crippen molar-refractivity contribution in [3.8, 4) is 0 Å². The Hall–Kier alpha value is 0.700. The van der Waals surface area contributed by atoms with Gasteiger partial charge in [0.15, 0.2) is 0 Å². The van der Waals surface area contributed by atoms with Crippen LogP contribution in [0.15, 0.2) is 0 Å². The van der Waals surface area contributed by atoms with Crippen LogP contribution < -0.4 is 0 Å². The predicted molar refractivity (Wildman–Crippen MR) is 64.1 cm³/mol. The van der Waals surface area contributed by atoms with Crippen LogP contribution in [-0.4, -0.2) is 23.5 Å². The summed E-state index contributed by atoms with van der Waals surface area (Å²) in [6.45, 7) is 3.86. The van der Waals surface area contributed by atoms with E-state index < -0.39 is 0 Å². The normalized spacial score (nSPS) is 13.2. The quantitative estimate of drug-likeness (QED) is 0.552. The average molecular weight is 205 g/mol. The summed E-state index contributed by atoms with van der Waals surface area (Å²) < 4.78 is 0. The largest absolute Gasteiger partial charge is 0.165 e. The van der Waals surface area contributed by atoms with Crippen LogP contribution in [0.2, 0.25) is 0 Å². The van der Waals surface area contributed by atoms with Gasteiger partial charge in [-0.1, -0.05) is 26.2 Å². The molecule has 0 bridgehead atoms. The van der Waals surface area contributed by atoms with Crippen molar-refractivity contribution in [2.75, 3.05) is 18.3 Å². The zero-order valence-corrected chi connectivity index (χ0v) is 9.98. The van der Waals surface area contributed by atoms with Gasteiger partial charge in [0.05, 0.1) is 0 Å². The van der Waals surface area contributed by atoms with Gasteiger partial charge in [0.1, 0.15) is 0 Å². The van der Waals surface area contributed by atoms with Crippen LogP contribution in [0, 0.1) is 6.92 Å². The molecule has 0 amide bonds. The lowest BCUT2D eigenvalue weighted by atomic mass is 10.1. The van der Waals surface area contributed by atoms with Gasteiger partial charge in [-0.15, -0.1) is 0 Å². The minimum absolute atomic E-state index is 0.893. The molecule has 0 nitrogen and oxygen atoms in total. The number of rotatable bonds is 8. The number of thioether (sulfide) groups is 2. The zero-order valence-electron chi connectivity index (χ0n) is 8.34. The maximum absolute atomic E-state index is 3.86. The number of unbranched alkanes of at least 4 members (excludes halogenated alkanes) is 2. The van der Waals surface area contributed by atoms with E-state index >= 15 is 0 Å². The second-order valence-electron chi connectivity index (χ2n) is 2.99. The minimum atomic E-state index is 0.893. The van der Waals surface area contributed by atoms with E-state index in [1.807, 2.05) is 23.5 Å². The van der Waals surface area contributed by atoms with Crippen LogP contribution in [0.5, 0.6) is 0 Å². The topological polar surface area (TPSA) is 0 Å². The summed E-state index contributed by atoms with van der Waals surface area (Å²) in [6.07, 6.45) is 10.9. The van der Waals surface area contributed by atoms with Gasteiger partial charge in [-0.3, -0.25) is 0 Å². The number of hydrogen-bond acceptors (Lipinski definition) is 2. The maximum Gasteiger partial charge on any atom is 0.00521 e. The summed E-state index contributed by atoms with van der Waals surface area (Å²) in [5, 5.41) is 0.893. The molecule has 0 aliphatic carbocycles. The van der Waals surface area contributed by atoms with Crippen molar-refractivity contribution < 1.29 is 0 Å². The predicted octanol–water partition coefficient (Wildman–Crippen LogP) is 3.87. The minimum Gasteiger partial charge on any atom is -0.165 e. The fraction of sp³-hybridized carbons (Fsp3) is 0.900. The molecule has 0 aliphatic heterocycles. The fourth-order valence-corrected chi connectivity index (χ4v) is 2.60. The van der Waals surface area contributed by atoms with Crippen LogP contribution >= 0.6 is 23.5 Å². The summed E-state index contributed by atoms with van der Waals surface area (Å²) in [5.74, 6) is 1.32. The van der Waals surface area contributed by atoms with E-state index in [4.69, 9.17) is 0 Å². The molecule has 12 heavy (non-hydrogen) atoms. The third kappa shape index (κ3) is 7.35. The van der Waals surface area contributed by atoms with E-state index in [1.54, 1.807) is 0 Å². The Labute approximate surface area is 86.3 Å². The zero-order chi connectivity index (χ0) is 9.23. The molecule has 0 aromatic heterocycles. The van der Waals surface area contributed by atoms with E-state index in [0.717, 1.165) is 11.7 Å². The monoisotopic (exact) mass is 205 g/mol. The van der Waals surface area contributed by atoms with E-state index in [-0.39, 0.29) is 0 Å². The Morgan fingerprint density at radius 2 is 1.92 bits per heavy atom. The lowest BCUT2D eigenvalue weighted by molar-refractivity contribution is 0.652. The van der Waals surface area contributed by atoms with E-state index in [2.05, 4.69) is 19.4 Å². The Morgan fingerprint density at radius 1 is 1.17 bits per heavy atom. The van der Waals surface area contributed by atoms with Crippen molar-refractivity contribution in [3.63, 3.8) is 0 Å². The molecule has 0 spiro atoms. The highest BCUT2D eigenvalue weighted by molar-refractivity contribution is 7.99. The lowest BCUT2D eigenvalue weighted by Crippen LogP contribution is -2.03. The summed E-state index contributed by atoms with van der Waals surface area (Å²) in [4.78, 5) is 0. The van der Waals surface area contributed by atoms with Crippen molar-refractivity contribution in [3.05, 3.63) is 6.92 Å². The van der Waals surface area contributed by atoms with Gasteiger partial charge < -0.3 is 0 Å². The first-order valence-electron chi connectivity index (χ1n) is 4.66. The Kier molecular flexibility index (Phi) is 10.4. The highest BCUT2D eigenvalue weighted by atomic mass is 32.2. The third-order valence-corrected chi connectivity index (χ3v) is 3.79. The molecule has 1 atom stereocenters. The summed E-state index contributed by atoms with van der Waals surface area (Å²) >= 11 is 3.99. The summed E-state index contributed by atoms with van der Waals surface area (Å²) in [6, 6.07) is 0. The molecular weight excluding hydrogens is 184 g/mol. The number of hydrogen-bond donors (Lipinski definition) is 0. The standard InChI is InChI=1S/C10H21S2/c1-4-5-6-7-10(12-3)8-9-11-2/h10H,1,4-9H2,2-3H3. The molecule has 0 saturated carbocycles. The van der Waals surface area contributed by atoms with Crippen LogP contribution in [0.3, 0.4) is 0 Å². The van der Waals surface area contributed by atoms with Crippen LogP contribution in [-0.2, 0) is 0 Å². The molecule has 0 heterocycles. The van der Waals surface area contributed by atoms with Gasteiger partial charge in [0.2, 0.25) is 0 Å². The van der Waals surface area contributed by atoms with Gasteiger partial charge >= 0.3 is 0 Å². The average Bonchev–Trinajstić information content (AvgIpc) is 2.11. The maximum atomic E-state index is 3.86. The van der Waals surface area contributed by atoms with E-state index in [0.29, 0.717) is 0 Å². The molecule has 0 aliphatic rings. The van der Waals surface area contributed by atoms with E-state index in [1.165, 1.54) is 31.4 Å². The third-order valence-electron chi connectivity index (χ3n) is 2.00.